The second-order valence-corrected chi connectivity index (χ2v) is 5.09. The minimum Gasteiger partial charge on any atom is -0.326 e. The normalized spacial score (nSPS) is 10.0. The predicted octanol–water partition coefficient (Wildman–Crippen LogP) is 3.61. The summed E-state index contributed by atoms with van der Waals surface area (Å²) < 4.78 is 0. The largest absolute Gasteiger partial charge is 0.326 e. The third kappa shape index (κ3) is 5.05. The summed E-state index contributed by atoms with van der Waals surface area (Å²) in [5.41, 5.74) is 2.43. The van der Waals surface area contributed by atoms with Crippen LogP contribution in [0, 0.1) is 0 Å². The number of amides is 2. The predicted molar refractivity (Wildman–Crippen MR) is 88.8 cm³/mol. The second kappa shape index (κ2) is 7.98. The maximum absolute atomic E-state index is 11.9. The fraction of sp³-hybridized carbons (Fsp3) is 0.222. The summed E-state index contributed by atoms with van der Waals surface area (Å²) in [5.74, 6) is -0.0580. The molecule has 0 aromatic heterocycles. The highest BCUT2D eigenvalue weighted by molar-refractivity contribution is 5.93. The third-order valence-electron chi connectivity index (χ3n) is 3.14. The van der Waals surface area contributed by atoms with Gasteiger partial charge >= 0.3 is 0 Å². The Kier molecular flexibility index (Phi) is 5.72. The smallest absolute Gasteiger partial charge is 0.228 e. The first-order valence-electron chi connectivity index (χ1n) is 7.41. The summed E-state index contributed by atoms with van der Waals surface area (Å²) >= 11 is 0. The molecule has 2 aromatic rings. The Labute approximate surface area is 130 Å². The highest BCUT2D eigenvalue weighted by Gasteiger charge is 2.05. The van der Waals surface area contributed by atoms with Gasteiger partial charge in [-0.3, -0.25) is 9.59 Å². The van der Waals surface area contributed by atoms with E-state index < -0.39 is 0 Å². The van der Waals surface area contributed by atoms with E-state index in [1.807, 2.05) is 37.3 Å². The van der Waals surface area contributed by atoms with Gasteiger partial charge in [0.2, 0.25) is 11.8 Å². The van der Waals surface area contributed by atoms with Crippen LogP contribution in [0.3, 0.4) is 0 Å². The molecule has 0 radical (unpaired) electrons. The van der Waals surface area contributed by atoms with Gasteiger partial charge in [0.25, 0.3) is 0 Å². The first-order chi connectivity index (χ1) is 10.7. The van der Waals surface area contributed by atoms with Crippen molar-refractivity contribution in [2.45, 2.75) is 26.2 Å². The molecule has 2 amide bonds. The highest BCUT2D eigenvalue weighted by Crippen LogP contribution is 2.14. The molecule has 0 unspecified atom stereocenters. The van der Waals surface area contributed by atoms with Crippen molar-refractivity contribution in [1.82, 2.24) is 0 Å². The number of benzene rings is 2. The van der Waals surface area contributed by atoms with Gasteiger partial charge in [0.15, 0.2) is 0 Å². The van der Waals surface area contributed by atoms with Gasteiger partial charge in [-0.2, -0.15) is 0 Å². The number of hydrogen-bond acceptors (Lipinski definition) is 2. The molecule has 0 spiro atoms. The molecule has 2 aromatic carbocycles. The van der Waals surface area contributed by atoms with Crippen LogP contribution in [0.5, 0.6) is 0 Å². The number of nitrogens with one attached hydrogen (secondary N) is 2. The van der Waals surface area contributed by atoms with E-state index in [9.17, 15) is 9.59 Å². The summed E-state index contributed by atoms with van der Waals surface area (Å²) in [6.45, 7) is 1.96. The Bertz CT molecular complexity index is 621. The second-order valence-electron chi connectivity index (χ2n) is 5.09. The van der Waals surface area contributed by atoms with Gasteiger partial charge < -0.3 is 10.6 Å². The summed E-state index contributed by atoms with van der Waals surface area (Å²) in [5, 5.41) is 5.66. The molecule has 4 nitrogen and oxygen atoms in total. The van der Waals surface area contributed by atoms with E-state index in [2.05, 4.69) is 10.6 Å². The number of carbonyl (C=O) groups excluding carboxylic acids is 2. The first kappa shape index (κ1) is 15.8. The third-order valence-corrected chi connectivity index (χ3v) is 3.14. The average molecular weight is 296 g/mol. The van der Waals surface area contributed by atoms with Crippen molar-refractivity contribution < 1.29 is 9.59 Å². The lowest BCUT2D eigenvalue weighted by molar-refractivity contribution is -0.116. The monoisotopic (exact) mass is 296 g/mol. The van der Waals surface area contributed by atoms with E-state index in [1.165, 1.54) is 0 Å². The molecular weight excluding hydrogens is 276 g/mol. The maximum Gasteiger partial charge on any atom is 0.228 e. The van der Waals surface area contributed by atoms with Crippen molar-refractivity contribution in [2.24, 2.45) is 0 Å². The molecule has 0 fully saturated rings. The van der Waals surface area contributed by atoms with Crippen molar-refractivity contribution in [3.63, 3.8) is 0 Å². The SMILES string of the molecule is CCCC(=O)Nc1ccc(NC(=O)Cc2ccccc2)cc1. The van der Waals surface area contributed by atoms with Crippen LogP contribution in [-0.2, 0) is 16.0 Å². The zero-order chi connectivity index (χ0) is 15.8. The molecule has 114 valence electrons. The molecule has 0 aliphatic rings. The van der Waals surface area contributed by atoms with E-state index in [0.29, 0.717) is 12.8 Å². The number of hydrogen-bond donors (Lipinski definition) is 2. The molecule has 4 heteroatoms. The van der Waals surface area contributed by atoms with Gasteiger partial charge in [-0.25, -0.2) is 0 Å². The van der Waals surface area contributed by atoms with Crippen LogP contribution in [0.15, 0.2) is 54.6 Å². The Morgan fingerprint density at radius 2 is 1.36 bits per heavy atom. The molecule has 0 atom stereocenters. The molecule has 0 aliphatic carbocycles. The lowest BCUT2D eigenvalue weighted by Crippen LogP contribution is -2.14. The zero-order valence-electron chi connectivity index (χ0n) is 12.6. The minimum atomic E-state index is -0.0611. The summed E-state index contributed by atoms with van der Waals surface area (Å²) in [6.07, 6.45) is 1.67. The summed E-state index contributed by atoms with van der Waals surface area (Å²) in [7, 11) is 0. The fourth-order valence-electron chi connectivity index (χ4n) is 2.07. The van der Waals surface area contributed by atoms with E-state index >= 15 is 0 Å². The highest BCUT2D eigenvalue weighted by atomic mass is 16.2. The zero-order valence-corrected chi connectivity index (χ0v) is 12.6. The van der Waals surface area contributed by atoms with Crippen LogP contribution in [-0.4, -0.2) is 11.8 Å². The molecule has 0 aliphatic heterocycles. The molecule has 0 saturated heterocycles. The minimum absolute atomic E-state index is 0.00311. The molecule has 0 saturated carbocycles. The summed E-state index contributed by atoms with van der Waals surface area (Å²) in [6, 6.07) is 16.7. The van der Waals surface area contributed by atoms with E-state index in [4.69, 9.17) is 0 Å². The molecule has 0 heterocycles. The Hall–Kier alpha value is -2.62. The fourth-order valence-corrected chi connectivity index (χ4v) is 2.07. The molecule has 22 heavy (non-hydrogen) atoms. The van der Waals surface area contributed by atoms with E-state index in [-0.39, 0.29) is 11.8 Å². The van der Waals surface area contributed by atoms with Gasteiger partial charge in [-0.05, 0) is 36.2 Å². The van der Waals surface area contributed by atoms with Crippen LogP contribution in [0.1, 0.15) is 25.3 Å². The molecule has 2 rings (SSSR count). The van der Waals surface area contributed by atoms with Crippen molar-refractivity contribution in [1.29, 1.82) is 0 Å². The quantitative estimate of drug-likeness (QED) is 0.855. The van der Waals surface area contributed by atoms with Crippen LogP contribution < -0.4 is 10.6 Å². The van der Waals surface area contributed by atoms with Crippen molar-refractivity contribution in [3.8, 4) is 0 Å². The van der Waals surface area contributed by atoms with Crippen LogP contribution in [0.2, 0.25) is 0 Å². The van der Waals surface area contributed by atoms with Crippen molar-refractivity contribution in [2.75, 3.05) is 10.6 Å². The molecular formula is C18H20N2O2. The van der Waals surface area contributed by atoms with E-state index in [0.717, 1.165) is 23.4 Å². The van der Waals surface area contributed by atoms with Crippen LogP contribution in [0.4, 0.5) is 11.4 Å². The number of anilines is 2. The van der Waals surface area contributed by atoms with Crippen molar-refractivity contribution >= 4 is 23.2 Å². The van der Waals surface area contributed by atoms with Gasteiger partial charge in [-0.1, -0.05) is 37.3 Å². The Morgan fingerprint density at radius 1 is 0.818 bits per heavy atom. The van der Waals surface area contributed by atoms with Gasteiger partial charge in [-0.15, -0.1) is 0 Å². The Balaban J connectivity index is 1.88. The van der Waals surface area contributed by atoms with Gasteiger partial charge in [0.05, 0.1) is 6.42 Å². The maximum atomic E-state index is 11.9. The Morgan fingerprint density at radius 3 is 1.91 bits per heavy atom. The van der Waals surface area contributed by atoms with E-state index in [1.54, 1.807) is 24.3 Å². The van der Waals surface area contributed by atoms with Crippen LogP contribution >= 0.6 is 0 Å². The lowest BCUT2D eigenvalue weighted by Gasteiger charge is -2.08. The molecule has 0 bridgehead atoms. The molecule has 2 N–H and O–H groups in total. The van der Waals surface area contributed by atoms with Gasteiger partial charge in [0, 0.05) is 17.8 Å². The standard InChI is InChI=1S/C18H20N2O2/c1-2-6-17(21)19-15-9-11-16(12-10-15)20-18(22)13-14-7-4-3-5-8-14/h3-5,7-12H,2,6,13H2,1H3,(H,19,21)(H,20,22). The van der Waals surface area contributed by atoms with Crippen molar-refractivity contribution in [3.05, 3.63) is 60.2 Å². The number of carbonyl (C=O) groups is 2. The average Bonchev–Trinajstić information content (AvgIpc) is 2.50. The lowest BCUT2D eigenvalue weighted by atomic mass is 10.1. The van der Waals surface area contributed by atoms with Gasteiger partial charge in [0.1, 0.15) is 0 Å². The number of rotatable bonds is 6. The summed E-state index contributed by atoms with van der Waals surface area (Å²) in [4.78, 5) is 23.4. The first-order valence-corrected chi connectivity index (χ1v) is 7.41. The topological polar surface area (TPSA) is 58.2 Å². The van der Waals surface area contributed by atoms with Crippen LogP contribution in [0.25, 0.3) is 0 Å².